The fourth-order valence-corrected chi connectivity index (χ4v) is 2.22. The van der Waals surface area contributed by atoms with Crippen LogP contribution in [0.5, 0.6) is 5.75 Å². The molecule has 0 aliphatic rings. The number of benzene rings is 2. The third kappa shape index (κ3) is 4.47. The molecular formula is C15H12BrClN2O3. The second-order valence-corrected chi connectivity index (χ2v) is 5.68. The molecule has 0 unspecified atom stereocenters. The van der Waals surface area contributed by atoms with Gasteiger partial charge in [0, 0.05) is 10.2 Å². The molecular weight excluding hydrogens is 372 g/mol. The molecule has 0 aromatic heterocycles. The summed E-state index contributed by atoms with van der Waals surface area (Å²) in [5.41, 5.74) is 5.93. The molecule has 0 bridgehead atoms. The molecule has 114 valence electrons. The number of amides is 2. The van der Waals surface area contributed by atoms with Gasteiger partial charge in [0.2, 0.25) is 0 Å². The van der Waals surface area contributed by atoms with Crippen LogP contribution in [0.25, 0.3) is 0 Å². The number of halogens is 2. The summed E-state index contributed by atoms with van der Waals surface area (Å²) in [7, 11) is 0. The van der Waals surface area contributed by atoms with Gasteiger partial charge in [-0.1, -0.05) is 27.5 Å². The molecule has 22 heavy (non-hydrogen) atoms. The van der Waals surface area contributed by atoms with Crippen molar-refractivity contribution in [3.8, 4) is 5.75 Å². The molecule has 3 N–H and O–H groups in total. The van der Waals surface area contributed by atoms with Gasteiger partial charge in [-0.05, 0) is 42.5 Å². The van der Waals surface area contributed by atoms with Crippen LogP contribution < -0.4 is 15.8 Å². The van der Waals surface area contributed by atoms with Crippen molar-refractivity contribution in [1.82, 2.24) is 0 Å². The number of nitrogens with two attached hydrogens (primary N) is 1. The molecule has 2 amide bonds. The zero-order chi connectivity index (χ0) is 16.1. The maximum Gasteiger partial charge on any atom is 0.257 e. The van der Waals surface area contributed by atoms with Gasteiger partial charge in [0.1, 0.15) is 5.75 Å². The Balaban J connectivity index is 2.05. The molecule has 0 saturated heterocycles. The van der Waals surface area contributed by atoms with E-state index in [2.05, 4.69) is 21.2 Å². The highest BCUT2D eigenvalue weighted by atomic mass is 79.9. The number of primary amides is 1. The van der Waals surface area contributed by atoms with Gasteiger partial charge in [0.15, 0.2) is 6.61 Å². The molecule has 0 spiro atoms. The summed E-state index contributed by atoms with van der Waals surface area (Å²) in [4.78, 5) is 22.8. The van der Waals surface area contributed by atoms with Gasteiger partial charge < -0.3 is 15.8 Å². The zero-order valence-corrected chi connectivity index (χ0v) is 13.6. The molecule has 7 heteroatoms. The van der Waals surface area contributed by atoms with Crippen molar-refractivity contribution < 1.29 is 14.3 Å². The van der Waals surface area contributed by atoms with Gasteiger partial charge in [-0.2, -0.15) is 0 Å². The number of anilines is 1. The van der Waals surface area contributed by atoms with Gasteiger partial charge >= 0.3 is 0 Å². The van der Waals surface area contributed by atoms with E-state index in [4.69, 9.17) is 22.1 Å². The SMILES string of the molecule is NC(=O)COc1ccc(NC(=O)c2cc(Br)ccc2Cl)cc1. The lowest BCUT2D eigenvalue weighted by atomic mass is 10.2. The molecule has 0 atom stereocenters. The van der Waals surface area contributed by atoms with Crippen LogP contribution in [0.3, 0.4) is 0 Å². The first kappa shape index (κ1) is 16.3. The van der Waals surface area contributed by atoms with E-state index in [1.165, 1.54) is 0 Å². The summed E-state index contributed by atoms with van der Waals surface area (Å²) in [6.45, 7) is -0.195. The third-order valence-corrected chi connectivity index (χ3v) is 3.49. The van der Waals surface area contributed by atoms with E-state index in [1.54, 1.807) is 42.5 Å². The Morgan fingerprint density at radius 1 is 1.18 bits per heavy atom. The molecule has 2 rings (SSSR count). The van der Waals surface area contributed by atoms with Crippen molar-refractivity contribution in [2.45, 2.75) is 0 Å². The highest BCUT2D eigenvalue weighted by molar-refractivity contribution is 9.10. The predicted molar refractivity (Wildman–Crippen MR) is 88.2 cm³/mol. The highest BCUT2D eigenvalue weighted by Gasteiger charge is 2.11. The minimum Gasteiger partial charge on any atom is -0.484 e. The lowest BCUT2D eigenvalue weighted by Gasteiger charge is -2.08. The van der Waals surface area contributed by atoms with E-state index in [0.717, 1.165) is 4.47 Å². The Morgan fingerprint density at radius 3 is 2.50 bits per heavy atom. The Morgan fingerprint density at radius 2 is 1.86 bits per heavy atom. The van der Waals surface area contributed by atoms with Gasteiger partial charge in [0.05, 0.1) is 10.6 Å². The van der Waals surface area contributed by atoms with E-state index in [1.807, 2.05) is 0 Å². The Labute approximate surface area is 140 Å². The average molecular weight is 384 g/mol. The van der Waals surface area contributed by atoms with Crippen LogP contribution in [0.1, 0.15) is 10.4 Å². The monoisotopic (exact) mass is 382 g/mol. The van der Waals surface area contributed by atoms with E-state index in [9.17, 15) is 9.59 Å². The van der Waals surface area contributed by atoms with Crippen molar-refractivity contribution in [2.24, 2.45) is 5.73 Å². The molecule has 0 radical (unpaired) electrons. The fourth-order valence-electron chi connectivity index (χ4n) is 1.66. The van der Waals surface area contributed by atoms with E-state index >= 15 is 0 Å². The first-order valence-electron chi connectivity index (χ1n) is 6.23. The summed E-state index contributed by atoms with van der Waals surface area (Å²) in [6, 6.07) is 11.6. The van der Waals surface area contributed by atoms with Crippen molar-refractivity contribution >= 4 is 45.0 Å². The predicted octanol–water partition coefficient (Wildman–Crippen LogP) is 3.22. The average Bonchev–Trinajstić information content (AvgIpc) is 2.49. The van der Waals surface area contributed by atoms with Crippen molar-refractivity contribution in [3.05, 3.63) is 57.5 Å². The number of ether oxygens (including phenoxy) is 1. The minimum atomic E-state index is -0.554. The summed E-state index contributed by atoms with van der Waals surface area (Å²) < 4.78 is 5.89. The number of hydrogen-bond acceptors (Lipinski definition) is 3. The Kier molecular flexibility index (Phi) is 5.41. The lowest BCUT2D eigenvalue weighted by Crippen LogP contribution is -2.20. The summed E-state index contributed by atoms with van der Waals surface area (Å²) in [5.74, 6) is -0.393. The van der Waals surface area contributed by atoms with Crippen LogP contribution in [0.15, 0.2) is 46.9 Å². The number of hydrogen-bond donors (Lipinski definition) is 2. The van der Waals surface area contributed by atoms with E-state index in [0.29, 0.717) is 22.0 Å². The minimum absolute atomic E-state index is 0.195. The maximum atomic E-state index is 12.2. The molecule has 2 aromatic carbocycles. The molecule has 0 heterocycles. The highest BCUT2D eigenvalue weighted by Crippen LogP contribution is 2.23. The lowest BCUT2D eigenvalue weighted by molar-refractivity contribution is -0.119. The standard InChI is InChI=1S/C15H12BrClN2O3/c16-9-1-6-13(17)12(7-9)15(21)19-10-2-4-11(5-3-10)22-8-14(18)20/h1-7H,8H2,(H2,18,20)(H,19,21). The van der Waals surface area contributed by atoms with Crippen molar-refractivity contribution in [3.63, 3.8) is 0 Å². The third-order valence-electron chi connectivity index (χ3n) is 2.67. The van der Waals surface area contributed by atoms with Crippen LogP contribution in [0.4, 0.5) is 5.69 Å². The first-order chi connectivity index (χ1) is 10.5. The Bertz CT molecular complexity index is 704. The maximum absolute atomic E-state index is 12.2. The van der Waals surface area contributed by atoms with Crippen LogP contribution in [-0.2, 0) is 4.79 Å². The summed E-state index contributed by atoms with van der Waals surface area (Å²) >= 11 is 9.30. The van der Waals surface area contributed by atoms with Crippen molar-refractivity contribution in [2.75, 3.05) is 11.9 Å². The first-order valence-corrected chi connectivity index (χ1v) is 7.40. The Hall–Kier alpha value is -2.05. The molecule has 2 aromatic rings. The normalized spacial score (nSPS) is 10.1. The van der Waals surface area contributed by atoms with Gasteiger partial charge in [0.25, 0.3) is 11.8 Å². The van der Waals surface area contributed by atoms with Gasteiger partial charge in [-0.3, -0.25) is 9.59 Å². The van der Waals surface area contributed by atoms with Crippen molar-refractivity contribution in [1.29, 1.82) is 0 Å². The number of carbonyl (C=O) groups is 2. The number of carbonyl (C=O) groups excluding carboxylic acids is 2. The number of rotatable bonds is 5. The van der Waals surface area contributed by atoms with Crippen LogP contribution in [-0.4, -0.2) is 18.4 Å². The topological polar surface area (TPSA) is 81.4 Å². The molecule has 5 nitrogen and oxygen atoms in total. The molecule has 0 saturated carbocycles. The van der Waals surface area contributed by atoms with Crippen LogP contribution >= 0.6 is 27.5 Å². The fraction of sp³-hybridized carbons (Fsp3) is 0.0667. The van der Waals surface area contributed by atoms with Gasteiger partial charge in [-0.25, -0.2) is 0 Å². The van der Waals surface area contributed by atoms with E-state index in [-0.39, 0.29) is 12.5 Å². The number of nitrogens with one attached hydrogen (secondary N) is 1. The van der Waals surface area contributed by atoms with Crippen LogP contribution in [0, 0.1) is 0 Å². The second kappa shape index (κ2) is 7.29. The summed E-state index contributed by atoms with van der Waals surface area (Å²) in [6.07, 6.45) is 0. The van der Waals surface area contributed by atoms with Crippen LogP contribution in [0.2, 0.25) is 5.02 Å². The zero-order valence-electron chi connectivity index (χ0n) is 11.3. The smallest absolute Gasteiger partial charge is 0.257 e. The largest absolute Gasteiger partial charge is 0.484 e. The second-order valence-electron chi connectivity index (χ2n) is 4.36. The molecule has 0 aliphatic heterocycles. The van der Waals surface area contributed by atoms with E-state index < -0.39 is 5.91 Å². The summed E-state index contributed by atoms with van der Waals surface area (Å²) in [5, 5.41) is 3.09. The molecule has 0 fully saturated rings. The quantitative estimate of drug-likeness (QED) is 0.832. The van der Waals surface area contributed by atoms with Gasteiger partial charge in [-0.15, -0.1) is 0 Å². The molecule has 0 aliphatic carbocycles.